The first-order chi connectivity index (χ1) is 6.45. The van der Waals surface area contributed by atoms with E-state index < -0.39 is 0 Å². The lowest BCUT2D eigenvalue weighted by Crippen LogP contribution is -2.62. The van der Waals surface area contributed by atoms with Gasteiger partial charge in [0.05, 0.1) is 0 Å². The van der Waals surface area contributed by atoms with Gasteiger partial charge in [-0.2, -0.15) is 0 Å². The SMILES string of the molecule is CC1(C)C2CC[CH][C]2C2CC1C2(C)C. The normalized spacial score (nSPS) is 48.4. The number of rotatable bonds is 0. The average molecular weight is 190 g/mol. The molecule has 14 heavy (non-hydrogen) atoms. The van der Waals surface area contributed by atoms with E-state index in [-0.39, 0.29) is 0 Å². The average Bonchev–Trinajstić information content (AvgIpc) is 2.50. The Balaban J connectivity index is 2.00. The molecule has 2 radical (unpaired) electrons. The van der Waals surface area contributed by atoms with Crippen LogP contribution in [0.1, 0.15) is 47.0 Å². The van der Waals surface area contributed by atoms with Crippen LogP contribution in [-0.4, -0.2) is 0 Å². The second kappa shape index (κ2) is 2.39. The van der Waals surface area contributed by atoms with Crippen molar-refractivity contribution >= 4 is 0 Å². The summed E-state index contributed by atoms with van der Waals surface area (Å²) in [4.78, 5) is 0. The van der Waals surface area contributed by atoms with E-state index in [0.717, 1.165) is 17.8 Å². The Labute approximate surface area is 88.5 Å². The Kier molecular flexibility index (Phi) is 1.58. The summed E-state index contributed by atoms with van der Waals surface area (Å²) in [6.07, 6.45) is 6.82. The molecule has 0 aromatic heterocycles. The van der Waals surface area contributed by atoms with Crippen molar-refractivity contribution in [2.45, 2.75) is 47.0 Å². The summed E-state index contributed by atoms with van der Waals surface area (Å²) in [6.45, 7) is 10.0. The minimum atomic E-state index is 0.570. The Bertz CT molecular complexity index is 257. The summed E-state index contributed by atoms with van der Waals surface area (Å²) in [5, 5.41) is 0. The molecular weight excluding hydrogens is 168 g/mol. The highest BCUT2D eigenvalue weighted by atomic mass is 14.7. The Hall–Kier alpha value is 0. The molecule has 3 atom stereocenters. The third-order valence-electron chi connectivity index (χ3n) is 5.70. The van der Waals surface area contributed by atoms with Gasteiger partial charge in [0.1, 0.15) is 0 Å². The predicted octanol–water partition coefficient (Wildman–Crippen LogP) is 3.88. The molecule has 4 rings (SSSR count). The second-order valence-corrected chi connectivity index (χ2v) is 6.82. The molecule has 0 N–H and O–H groups in total. The Morgan fingerprint density at radius 3 is 2.36 bits per heavy atom. The first-order valence-corrected chi connectivity index (χ1v) is 6.15. The largest absolute Gasteiger partial charge is 0.0593 e. The van der Waals surface area contributed by atoms with Crippen molar-refractivity contribution in [3.63, 3.8) is 0 Å². The van der Waals surface area contributed by atoms with Crippen LogP contribution in [0, 0.1) is 40.9 Å². The molecule has 78 valence electrons. The van der Waals surface area contributed by atoms with Crippen molar-refractivity contribution in [2.75, 3.05) is 0 Å². The summed E-state index contributed by atoms with van der Waals surface area (Å²) < 4.78 is 0. The molecule has 3 unspecified atom stereocenters. The van der Waals surface area contributed by atoms with Crippen LogP contribution < -0.4 is 0 Å². The molecule has 0 aromatic carbocycles. The highest BCUT2D eigenvalue weighted by Crippen LogP contribution is 2.73. The zero-order chi connectivity index (χ0) is 10.1. The molecule has 4 aliphatic carbocycles. The van der Waals surface area contributed by atoms with E-state index in [2.05, 4.69) is 34.1 Å². The second-order valence-electron chi connectivity index (χ2n) is 6.82. The fourth-order valence-electron chi connectivity index (χ4n) is 4.91. The molecule has 4 aliphatic rings. The molecule has 0 aromatic rings. The number of hydrogen-bond donors (Lipinski definition) is 0. The lowest BCUT2D eigenvalue weighted by atomic mass is 9.36. The van der Waals surface area contributed by atoms with E-state index in [4.69, 9.17) is 0 Å². The third kappa shape index (κ3) is 0.823. The van der Waals surface area contributed by atoms with E-state index in [1.165, 1.54) is 19.3 Å². The van der Waals surface area contributed by atoms with Gasteiger partial charge < -0.3 is 0 Å². The van der Waals surface area contributed by atoms with Crippen LogP contribution in [0.15, 0.2) is 0 Å². The maximum atomic E-state index is 2.56. The first-order valence-electron chi connectivity index (χ1n) is 6.15. The molecule has 0 spiro atoms. The minimum Gasteiger partial charge on any atom is -0.0593 e. The molecule has 4 fully saturated rings. The summed E-state index contributed by atoms with van der Waals surface area (Å²) in [7, 11) is 0. The van der Waals surface area contributed by atoms with Crippen LogP contribution in [0.4, 0.5) is 0 Å². The van der Waals surface area contributed by atoms with Gasteiger partial charge in [0.25, 0.3) is 0 Å². The molecule has 2 bridgehead atoms. The molecule has 0 saturated heterocycles. The maximum Gasteiger partial charge on any atom is -0.0134 e. The highest BCUT2D eigenvalue weighted by molar-refractivity contribution is 5.31. The van der Waals surface area contributed by atoms with Crippen LogP contribution >= 0.6 is 0 Å². The topological polar surface area (TPSA) is 0 Å². The van der Waals surface area contributed by atoms with Crippen LogP contribution in [0.3, 0.4) is 0 Å². The van der Waals surface area contributed by atoms with E-state index in [1.54, 1.807) is 0 Å². The molecule has 0 nitrogen and oxygen atoms in total. The molecule has 0 amide bonds. The van der Waals surface area contributed by atoms with Gasteiger partial charge in [0, 0.05) is 0 Å². The minimum absolute atomic E-state index is 0.570. The molecular formula is C14H22. The molecule has 0 aliphatic heterocycles. The summed E-state index contributed by atoms with van der Waals surface area (Å²) in [5.74, 6) is 4.68. The zero-order valence-corrected chi connectivity index (χ0v) is 9.93. The standard InChI is InChI=1S/C14H22/c1-13(2)10-7-5-6-9(10)11-8-12(13)14(11,3)4/h6,10-12H,5,7-8H2,1-4H3. The quantitative estimate of drug-likeness (QED) is 0.544. The lowest BCUT2D eigenvalue weighted by Gasteiger charge is -2.68. The number of hydrogen-bond acceptors (Lipinski definition) is 0. The van der Waals surface area contributed by atoms with Gasteiger partial charge in [-0.1, -0.05) is 27.7 Å². The fourth-order valence-corrected chi connectivity index (χ4v) is 4.91. The van der Waals surface area contributed by atoms with Gasteiger partial charge in [-0.05, 0) is 60.2 Å². The molecule has 0 heterocycles. The van der Waals surface area contributed by atoms with Gasteiger partial charge >= 0.3 is 0 Å². The Morgan fingerprint density at radius 2 is 1.71 bits per heavy atom. The third-order valence-corrected chi connectivity index (χ3v) is 5.70. The lowest BCUT2D eigenvalue weighted by molar-refractivity contribution is -0.148. The zero-order valence-electron chi connectivity index (χ0n) is 9.93. The van der Waals surface area contributed by atoms with Gasteiger partial charge in [0.2, 0.25) is 0 Å². The first kappa shape index (κ1) is 9.24. The van der Waals surface area contributed by atoms with Gasteiger partial charge in [-0.15, -0.1) is 0 Å². The highest BCUT2D eigenvalue weighted by Gasteiger charge is 2.66. The van der Waals surface area contributed by atoms with Crippen molar-refractivity contribution in [1.29, 1.82) is 0 Å². The van der Waals surface area contributed by atoms with Gasteiger partial charge in [0.15, 0.2) is 0 Å². The fraction of sp³-hybridized carbons (Fsp3) is 0.857. The van der Waals surface area contributed by atoms with E-state index >= 15 is 0 Å². The van der Waals surface area contributed by atoms with Crippen LogP contribution in [0.5, 0.6) is 0 Å². The van der Waals surface area contributed by atoms with Crippen LogP contribution in [0.2, 0.25) is 0 Å². The van der Waals surface area contributed by atoms with Crippen molar-refractivity contribution in [3.8, 4) is 0 Å². The van der Waals surface area contributed by atoms with Crippen molar-refractivity contribution in [2.24, 2.45) is 28.6 Å². The van der Waals surface area contributed by atoms with E-state index in [1.807, 2.05) is 5.92 Å². The molecule has 4 saturated carbocycles. The summed E-state index contributed by atoms with van der Waals surface area (Å²) >= 11 is 0. The smallest absolute Gasteiger partial charge is 0.0134 e. The van der Waals surface area contributed by atoms with Crippen molar-refractivity contribution < 1.29 is 0 Å². The monoisotopic (exact) mass is 190 g/mol. The van der Waals surface area contributed by atoms with Gasteiger partial charge in [-0.25, -0.2) is 0 Å². The summed E-state index contributed by atoms with van der Waals surface area (Å²) in [6, 6.07) is 0. The van der Waals surface area contributed by atoms with E-state index in [0.29, 0.717) is 10.8 Å². The predicted molar refractivity (Wildman–Crippen MR) is 59.4 cm³/mol. The molecule has 0 heteroatoms. The van der Waals surface area contributed by atoms with Crippen LogP contribution in [-0.2, 0) is 0 Å². The van der Waals surface area contributed by atoms with Crippen LogP contribution in [0.25, 0.3) is 0 Å². The summed E-state index contributed by atoms with van der Waals surface area (Å²) in [5.41, 5.74) is 1.16. The van der Waals surface area contributed by atoms with Gasteiger partial charge in [-0.3, -0.25) is 0 Å². The van der Waals surface area contributed by atoms with E-state index in [9.17, 15) is 0 Å². The van der Waals surface area contributed by atoms with Crippen molar-refractivity contribution in [3.05, 3.63) is 12.3 Å². The van der Waals surface area contributed by atoms with Crippen molar-refractivity contribution in [1.82, 2.24) is 0 Å². The maximum absolute atomic E-state index is 2.56. The Morgan fingerprint density at radius 1 is 1.07 bits per heavy atom.